The predicted octanol–water partition coefficient (Wildman–Crippen LogP) is 5.45. The number of hydrogen-bond acceptors (Lipinski definition) is 4. The molecule has 0 heterocycles. The van der Waals surface area contributed by atoms with Crippen molar-refractivity contribution in [2.45, 2.75) is 12.1 Å². The minimum Gasteiger partial charge on any atom is -0.258 e. The molecule has 0 saturated carbocycles. The minimum atomic E-state index is -5.78. The minimum absolute atomic E-state index is 0.145. The lowest BCUT2D eigenvalue weighted by Gasteiger charge is -2.19. The summed E-state index contributed by atoms with van der Waals surface area (Å²) < 4.78 is 62.2. The number of nitro benzene ring substituents is 2. The third-order valence-electron chi connectivity index (χ3n) is 2.79. The fourth-order valence-corrected chi connectivity index (χ4v) is 2.09. The molecule has 0 aromatic heterocycles. The van der Waals surface area contributed by atoms with Crippen LogP contribution in [0, 0.1) is 23.8 Å². The third-order valence-corrected chi connectivity index (χ3v) is 3.47. The van der Waals surface area contributed by atoms with E-state index in [1.165, 1.54) is 12.1 Å². The van der Waals surface area contributed by atoms with Gasteiger partial charge in [0.2, 0.25) is 0 Å². The van der Waals surface area contributed by atoms with Crippen LogP contribution in [0.2, 0.25) is 0 Å². The van der Waals surface area contributed by atoms with Gasteiger partial charge in [-0.2, -0.15) is 22.0 Å². The Labute approximate surface area is 156 Å². The van der Waals surface area contributed by atoms with Crippen LogP contribution in [0.5, 0.6) is 0 Å². The number of benzene rings is 2. The highest BCUT2D eigenvalue weighted by Crippen LogP contribution is 2.44. The van der Waals surface area contributed by atoms with Crippen molar-refractivity contribution in [3.05, 3.63) is 77.9 Å². The van der Waals surface area contributed by atoms with Crippen LogP contribution in [-0.2, 0) is 5.92 Å². The molecule has 0 aliphatic rings. The molecule has 0 spiro atoms. The van der Waals surface area contributed by atoms with E-state index in [0.717, 1.165) is 15.7 Å². The quantitative estimate of drug-likeness (QED) is 0.248. The molecule has 0 unspecified atom stereocenters. The molecule has 140 valence electrons. The van der Waals surface area contributed by atoms with Gasteiger partial charge in [0.1, 0.15) is 0 Å². The van der Waals surface area contributed by atoms with Gasteiger partial charge >= 0.3 is 12.1 Å². The second-order valence-corrected chi connectivity index (χ2v) is 5.86. The molecule has 2 aromatic rings. The first-order valence-electron chi connectivity index (χ1n) is 6.45. The molecule has 2 rings (SSSR count). The molecule has 6 nitrogen and oxygen atoms in total. The summed E-state index contributed by atoms with van der Waals surface area (Å²) >= 11 is 2.03. The van der Waals surface area contributed by atoms with Crippen molar-refractivity contribution in [2.75, 3.05) is 0 Å². The summed E-state index contributed by atoms with van der Waals surface area (Å²) in [6, 6.07) is 8.77. The van der Waals surface area contributed by atoms with Crippen molar-refractivity contribution in [3.63, 3.8) is 0 Å². The summed E-state index contributed by atoms with van der Waals surface area (Å²) in [7, 11) is 0. The predicted molar refractivity (Wildman–Crippen MR) is 88.9 cm³/mol. The zero-order chi connectivity index (χ0) is 20.1. The summed E-state index contributed by atoms with van der Waals surface area (Å²) in [6.07, 6.45) is -5.78. The van der Waals surface area contributed by atoms with Crippen LogP contribution in [-0.4, -0.2) is 16.0 Å². The summed E-state index contributed by atoms with van der Waals surface area (Å²) in [4.78, 5) is 18.9. The fourth-order valence-electron chi connectivity index (χ4n) is 1.57. The van der Waals surface area contributed by atoms with Crippen LogP contribution in [0.1, 0.15) is 5.56 Å². The van der Waals surface area contributed by atoms with E-state index in [9.17, 15) is 42.2 Å². The number of nitrogens with zero attached hydrogens (tertiary/aromatic N) is 2. The van der Waals surface area contributed by atoms with Gasteiger partial charge in [-0.1, -0.05) is 18.2 Å². The zero-order valence-corrected chi connectivity index (χ0v) is 14.6. The molecule has 26 heavy (non-hydrogen) atoms. The molecule has 0 amide bonds. The Hall–Kier alpha value is -2.38. The van der Waals surface area contributed by atoms with E-state index in [2.05, 4.69) is 0 Å². The molecule has 0 N–H and O–H groups in total. The Balaban J connectivity index is 0.000000289. The molecule has 0 radical (unpaired) electrons. The van der Waals surface area contributed by atoms with Crippen molar-refractivity contribution in [1.82, 2.24) is 0 Å². The second kappa shape index (κ2) is 8.33. The molecular formula is C14H8F5IN2O4. The maximum Gasteiger partial charge on any atom is 0.458 e. The van der Waals surface area contributed by atoms with Crippen LogP contribution in [0.3, 0.4) is 0 Å². The van der Waals surface area contributed by atoms with Crippen molar-refractivity contribution >= 4 is 34.0 Å². The van der Waals surface area contributed by atoms with Crippen molar-refractivity contribution in [3.8, 4) is 0 Å². The van der Waals surface area contributed by atoms with Crippen molar-refractivity contribution in [1.29, 1.82) is 0 Å². The first-order chi connectivity index (χ1) is 11.9. The Morgan fingerprint density at radius 3 is 1.65 bits per heavy atom. The maximum absolute atomic E-state index is 12.8. The lowest BCUT2D eigenvalue weighted by atomic mass is 10.1. The van der Waals surface area contributed by atoms with Crippen molar-refractivity contribution in [2.24, 2.45) is 0 Å². The first kappa shape index (κ1) is 21.7. The maximum atomic E-state index is 12.8. The Morgan fingerprint density at radius 1 is 0.808 bits per heavy atom. The summed E-state index contributed by atoms with van der Waals surface area (Å²) in [5.74, 6) is -5.10. The molecule has 0 bridgehead atoms. The molecule has 0 saturated heterocycles. The van der Waals surface area contributed by atoms with E-state index in [1.807, 2.05) is 28.7 Å². The number of rotatable bonds is 3. The summed E-state index contributed by atoms with van der Waals surface area (Å²) in [5, 5.41) is 20.4. The second-order valence-electron chi connectivity index (χ2n) is 4.62. The van der Waals surface area contributed by atoms with E-state index in [4.69, 9.17) is 0 Å². The number of hydrogen-bond donors (Lipinski definition) is 0. The zero-order valence-electron chi connectivity index (χ0n) is 12.4. The number of alkyl halides is 5. The van der Waals surface area contributed by atoms with Gasteiger partial charge in [-0.15, -0.1) is 0 Å². The molecular weight excluding hydrogens is 482 g/mol. The summed E-state index contributed by atoms with van der Waals surface area (Å²) in [6.45, 7) is 0. The van der Waals surface area contributed by atoms with Gasteiger partial charge in [0.25, 0.3) is 11.4 Å². The highest BCUT2D eigenvalue weighted by atomic mass is 127. The SMILES string of the molecule is O=[N+]([O-])c1cccc(C(F)(F)C(F)(F)F)c1.O=[N+]([O-])c1cccc(I)c1. The number of non-ortho nitro benzene ring substituents is 2. The Morgan fingerprint density at radius 2 is 1.27 bits per heavy atom. The van der Waals surface area contributed by atoms with E-state index >= 15 is 0 Å². The molecule has 0 fully saturated rings. The van der Waals surface area contributed by atoms with E-state index in [0.29, 0.717) is 6.07 Å². The van der Waals surface area contributed by atoms with Gasteiger partial charge in [0, 0.05) is 33.4 Å². The first-order valence-corrected chi connectivity index (χ1v) is 7.53. The van der Waals surface area contributed by atoms with Crippen molar-refractivity contribution < 1.29 is 31.8 Å². The molecule has 12 heteroatoms. The van der Waals surface area contributed by atoms with Gasteiger partial charge in [-0.25, -0.2) is 0 Å². The standard InChI is InChI=1S/C8H4F5NO2.C6H4INO2/c9-7(10,8(11,12)13)5-2-1-3-6(4-5)14(15)16;7-5-2-1-3-6(4-5)8(9)10/h1-4H;1-4H. The monoisotopic (exact) mass is 490 g/mol. The molecule has 0 aliphatic carbocycles. The fraction of sp³-hybridized carbons (Fsp3) is 0.143. The van der Waals surface area contributed by atoms with E-state index in [-0.39, 0.29) is 11.8 Å². The van der Waals surface area contributed by atoms with Gasteiger partial charge in [-0.05, 0) is 28.7 Å². The average Bonchev–Trinajstić information content (AvgIpc) is 2.54. The average molecular weight is 490 g/mol. The van der Waals surface area contributed by atoms with Crippen LogP contribution >= 0.6 is 22.6 Å². The number of nitro groups is 2. The topological polar surface area (TPSA) is 86.3 Å². The third kappa shape index (κ3) is 5.57. The smallest absolute Gasteiger partial charge is 0.258 e. The van der Waals surface area contributed by atoms with Crippen LogP contribution < -0.4 is 0 Å². The van der Waals surface area contributed by atoms with Gasteiger partial charge in [-0.3, -0.25) is 20.2 Å². The summed E-state index contributed by atoms with van der Waals surface area (Å²) in [5.41, 5.74) is -2.12. The van der Waals surface area contributed by atoms with Crippen LogP contribution in [0.25, 0.3) is 0 Å². The lowest BCUT2D eigenvalue weighted by molar-refractivity contribution is -0.385. The van der Waals surface area contributed by atoms with Gasteiger partial charge in [0.05, 0.1) is 9.85 Å². The van der Waals surface area contributed by atoms with Crippen LogP contribution in [0.15, 0.2) is 48.5 Å². The largest absolute Gasteiger partial charge is 0.458 e. The van der Waals surface area contributed by atoms with Gasteiger partial charge in [0.15, 0.2) is 0 Å². The molecule has 2 aromatic carbocycles. The molecule has 0 atom stereocenters. The normalized spacial score (nSPS) is 11.3. The van der Waals surface area contributed by atoms with Gasteiger partial charge < -0.3 is 0 Å². The highest BCUT2D eigenvalue weighted by Gasteiger charge is 2.58. The Bertz CT molecular complexity index is 814. The van der Waals surface area contributed by atoms with Crippen LogP contribution in [0.4, 0.5) is 33.3 Å². The van der Waals surface area contributed by atoms with E-state index in [1.54, 1.807) is 6.07 Å². The highest BCUT2D eigenvalue weighted by molar-refractivity contribution is 14.1. The molecule has 0 aliphatic heterocycles. The van der Waals surface area contributed by atoms with E-state index < -0.39 is 33.2 Å². The number of halogens is 6. The Kier molecular flexibility index (Phi) is 6.94. The lowest BCUT2D eigenvalue weighted by Crippen LogP contribution is -2.33.